The van der Waals surface area contributed by atoms with Gasteiger partial charge in [0.2, 0.25) is 0 Å². The minimum Gasteiger partial charge on any atom is -0.380 e. The molecule has 3 rings (SSSR count). The van der Waals surface area contributed by atoms with Crippen LogP contribution in [0.5, 0.6) is 0 Å². The molecule has 0 saturated carbocycles. The fourth-order valence-electron chi connectivity index (χ4n) is 2.73. The van der Waals surface area contributed by atoms with Crippen LogP contribution in [0.1, 0.15) is 6.42 Å². The molecule has 2 amide bonds. The number of hydrogen-bond donors (Lipinski definition) is 2. The molecule has 120 valence electrons. The number of benzene rings is 2. The van der Waals surface area contributed by atoms with Crippen LogP contribution >= 0.6 is 0 Å². The molecule has 1 heterocycles. The standard InChI is InChI=1S/C18H21N3O2/c1-23-17-11-12-21(13-17)16-9-7-15(8-10-16)20-18(22)19-14-5-3-2-4-6-14/h2-10,17H,11-13H2,1H3,(H2,19,20,22)/t17-/m0/s1. The number of hydrogen-bond acceptors (Lipinski definition) is 3. The number of amides is 2. The van der Waals surface area contributed by atoms with Crippen molar-refractivity contribution >= 4 is 23.1 Å². The first-order valence-electron chi connectivity index (χ1n) is 7.75. The van der Waals surface area contributed by atoms with Gasteiger partial charge in [-0.1, -0.05) is 18.2 Å². The van der Waals surface area contributed by atoms with Crippen LogP contribution in [-0.2, 0) is 4.74 Å². The Balaban J connectivity index is 1.56. The topological polar surface area (TPSA) is 53.6 Å². The van der Waals surface area contributed by atoms with Gasteiger partial charge in [-0.2, -0.15) is 0 Å². The van der Waals surface area contributed by atoms with Crippen molar-refractivity contribution in [3.05, 3.63) is 54.6 Å². The van der Waals surface area contributed by atoms with Crippen LogP contribution in [0.15, 0.2) is 54.6 Å². The van der Waals surface area contributed by atoms with Crippen molar-refractivity contribution in [2.24, 2.45) is 0 Å². The second kappa shape index (κ2) is 7.15. The van der Waals surface area contributed by atoms with E-state index < -0.39 is 0 Å². The van der Waals surface area contributed by atoms with Crippen LogP contribution in [0, 0.1) is 0 Å². The van der Waals surface area contributed by atoms with Gasteiger partial charge in [-0.25, -0.2) is 4.79 Å². The Kier molecular flexibility index (Phi) is 4.78. The fraction of sp³-hybridized carbons (Fsp3) is 0.278. The van der Waals surface area contributed by atoms with Crippen molar-refractivity contribution in [2.45, 2.75) is 12.5 Å². The lowest BCUT2D eigenvalue weighted by atomic mass is 10.2. The van der Waals surface area contributed by atoms with Crippen LogP contribution in [0.25, 0.3) is 0 Å². The minimum absolute atomic E-state index is 0.246. The highest BCUT2D eigenvalue weighted by Crippen LogP contribution is 2.23. The number of ether oxygens (including phenoxy) is 1. The summed E-state index contributed by atoms with van der Waals surface area (Å²) in [6.07, 6.45) is 1.36. The second-order valence-corrected chi connectivity index (χ2v) is 5.58. The fourth-order valence-corrected chi connectivity index (χ4v) is 2.73. The highest BCUT2D eigenvalue weighted by atomic mass is 16.5. The van der Waals surface area contributed by atoms with E-state index in [1.165, 1.54) is 0 Å². The van der Waals surface area contributed by atoms with Gasteiger partial charge in [-0.15, -0.1) is 0 Å². The molecule has 5 nitrogen and oxygen atoms in total. The summed E-state index contributed by atoms with van der Waals surface area (Å²) in [6, 6.07) is 17.0. The highest BCUT2D eigenvalue weighted by Gasteiger charge is 2.22. The Labute approximate surface area is 136 Å². The molecule has 5 heteroatoms. The molecular weight excluding hydrogens is 290 g/mol. The zero-order valence-electron chi connectivity index (χ0n) is 13.2. The first kappa shape index (κ1) is 15.4. The quantitative estimate of drug-likeness (QED) is 0.908. The SMILES string of the molecule is CO[C@H]1CCN(c2ccc(NC(=O)Nc3ccccc3)cc2)C1. The maximum absolute atomic E-state index is 12.0. The molecule has 2 N–H and O–H groups in total. The minimum atomic E-state index is -0.246. The number of carbonyl (C=O) groups excluding carboxylic acids is 1. The summed E-state index contributed by atoms with van der Waals surface area (Å²) in [5, 5.41) is 5.63. The molecular formula is C18H21N3O2. The number of carbonyl (C=O) groups is 1. The average molecular weight is 311 g/mol. The Morgan fingerprint density at radius 1 is 1.04 bits per heavy atom. The van der Waals surface area contributed by atoms with Gasteiger partial charge >= 0.3 is 6.03 Å². The predicted molar refractivity (Wildman–Crippen MR) is 93.2 cm³/mol. The average Bonchev–Trinajstić information content (AvgIpc) is 3.05. The predicted octanol–water partition coefficient (Wildman–Crippen LogP) is 3.56. The first-order valence-corrected chi connectivity index (χ1v) is 7.75. The molecule has 0 aromatic heterocycles. The lowest BCUT2D eigenvalue weighted by Crippen LogP contribution is -2.22. The number of methoxy groups -OCH3 is 1. The second-order valence-electron chi connectivity index (χ2n) is 5.58. The number of anilines is 3. The third-order valence-corrected chi connectivity index (χ3v) is 4.00. The van der Waals surface area contributed by atoms with Crippen molar-refractivity contribution in [3.8, 4) is 0 Å². The molecule has 0 spiro atoms. The van der Waals surface area contributed by atoms with Gasteiger partial charge in [0.05, 0.1) is 6.10 Å². The molecule has 0 bridgehead atoms. The van der Waals surface area contributed by atoms with Gasteiger partial charge in [0.25, 0.3) is 0 Å². The molecule has 0 unspecified atom stereocenters. The molecule has 23 heavy (non-hydrogen) atoms. The van der Waals surface area contributed by atoms with Crippen LogP contribution < -0.4 is 15.5 Å². The van der Waals surface area contributed by atoms with Crippen molar-refractivity contribution in [2.75, 3.05) is 35.7 Å². The number of urea groups is 1. The summed E-state index contributed by atoms with van der Waals surface area (Å²) < 4.78 is 5.39. The van der Waals surface area contributed by atoms with Gasteiger partial charge in [0.15, 0.2) is 0 Å². The molecule has 1 atom stereocenters. The van der Waals surface area contributed by atoms with E-state index in [1.807, 2.05) is 54.6 Å². The smallest absolute Gasteiger partial charge is 0.323 e. The molecule has 1 fully saturated rings. The van der Waals surface area contributed by atoms with Crippen molar-refractivity contribution < 1.29 is 9.53 Å². The van der Waals surface area contributed by atoms with E-state index >= 15 is 0 Å². The number of nitrogens with zero attached hydrogens (tertiary/aromatic N) is 1. The van der Waals surface area contributed by atoms with Gasteiger partial charge in [-0.05, 0) is 42.8 Å². The Bertz CT molecular complexity index is 643. The maximum atomic E-state index is 12.0. The van der Waals surface area contributed by atoms with E-state index in [1.54, 1.807) is 7.11 Å². The molecule has 0 radical (unpaired) electrons. The number of rotatable bonds is 4. The lowest BCUT2D eigenvalue weighted by Gasteiger charge is -2.18. The van der Waals surface area contributed by atoms with E-state index in [0.717, 1.165) is 36.6 Å². The summed E-state index contributed by atoms with van der Waals surface area (Å²) in [7, 11) is 1.76. The first-order chi connectivity index (χ1) is 11.2. The molecule has 2 aromatic carbocycles. The maximum Gasteiger partial charge on any atom is 0.323 e. The van der Waals surface area contributed by atoms with Crippen molar-refractivity contribution in [3.63, 3.8) is 0 Å². The number of nitrogens with one attached hydrogen (secondary N) is 2. The Hall–Kier alpha value is -2.53. The van der Waals surface area contributed by atoms with Crippen molar-refractivity contribution in [1.29, 1.82) is 0 Å². The van der Waals surface area contributed by atoms with E-state index in [2.05, 4.69) is 15.5 Å². The van der Waals surface area contributed by atoms with E-state index in [0.29, 0.717) is 6.10 Å². The summed E-state index contributed by atoms with van der Waals surface area (Å²) in [4.78, 5) is 14.2. The molecule has 1 aliphatic heterocycles. The molecule has 0 aliphatic carbocycles. The lowest BCUT2D eigenvalue weighted by molar-refractivity contribution is 0.121. The summed E-state index contributed by atoms with van der Waals surface area (Å²) in [6.45, 7) is 1.91. The monoisotopic (exact) mass is 311 g/mol. The summed E-state index contributed by atoms with van der Waals surface area (Å²) >= 11 is 0. The van der Waals surface area contributed by atoms with Crippen molar-refractivity contribution in [1.82, 2.24) is 0 Å². The van der Waals surface area contributed by atoms with E-state index in [-0.39, 0.29) is 6.03 Å². The van der Waals surface area contributed by atoms with Crippen LogP contribution in [-0.4, -0.2) is 32.3 Å². The van der Waals surface area contributed by atoms with E-state index in [4.69, 9.17) is 4.74 Å². The number of para-hydroxylation sites is 1. The molecule has 1 aliphatic rings. The van der Waals surface area contributed by atoms with Crippen LogP contribution in [0.4, 0.5) is 21.9 Å². The largest absolute Gasteiger partial charge is 0.380 e. The Morgan fingerprint density at radius 2 is 1.70 bits per heavy atom. The van der Waals surface area contributed by atoms with Crippen LogP contribution in [0.2, 0.25) is 0 Å². The summed E-state index contributed by atoms with van der Waals surface area (Å²) in [5.41, 5.74) is 2.69. The van der Waals surface area contributed by atoms with Gasteiger partial charge in [-0.3, -0.25) is 0 Å². The van der Waals surface area contributed by atoms with Crippen LogP contribution in [0.3, 0.4) is 0 Å². The zero-order valence-corrected chi connectivity index (χ0v) is 13.2. The molecule has 1 saturated heterocycles. The third kappa shape index (κ3) is 4.02. The molecule has 2 aromatic rings. The summed E-state index contributed by atoms with van der Waals surface area (Å²) in [5.74, 6) is 0. The Morgan fingerprint density at radius 3 is 2.30 bits per heavy atom. The van der Waals surface area contributed by atoms with E-state index in [9.17, 15) is 4.79 Å². The third-order valence-electron chi connectivity index (χ3n) is 4.00. The zero-order chi connectivity index (χ0) is 16.1. The normalized spacial score (nSPS) is 17.1. The van der Waals surface area contributed by atoms with Gasteiger partial charge < -0.3 is 20.3 Å². The highest BCUT2D eigenvalue weighted by molar-refractivity contribution is 5.99. The van der Waals surface area contributed by atoms with Gasteiger partial charge in [0, 0.05) is 37.3 Å². The van der Waals surface area contributed by atoms with Gasteiger partial charge in [0.1, 0.15) is 0 Å².